The molecule has 0 aromatic rings. The van der Waals surface area contributed by atoms with Crippen LogP contribution >= 0.6 is 0 Å². The van der Waals surface area contributed by atoms with Gasteiger partial charge in [0.2, 0.25) is 0 Å². The van der Waals surface area contributed by atoms with Gasteiger partial charge in [-0.1, -0.05) is 0 Å². The van der Waals surface area contributed by atoms with Gasteiger partial charge in [0.1, 0.15) is 5.60 Å². The van der Waals surface area contributed by atoms with Crippen molar-refractivity contribution in [3.05, 3.63) is 0 Å². The minimum absolute atomic E-state index is 0.158. The Labute approximate surface area is 155 Å². The molecule has 9 heteroatoms. The number of esters is 1. The van der Waals surface area contributed by atoms with Crippen molar-refractivity contribution in [2.45, 2.75) is 68.9 Å². The van der Waals surface area contributed by atoms with Gasteiger partial charge >= 0.3 is 129 Å². The van der Waals surface area contributed by atoms with Gasteiger partial charge in [0, 0.05) is 0 Å². The first kappa shape index (κ1) is 23.7. The zero-order chi connectivity index (χ0) is 19.5. The van der Waals surface area contributed by atoms with Crippen molar-refractivity contribution in [3.8, 4) is 0 Å². The predicted octanol–water partition coefficient (Wildman–Crippen LogP) is 0.871. The molecule has 0 heterocycles. The number of nitrogens with one attached hydrogen (secondary N) is 2. The second-order valence-electron chi connectivity index (χ2n) is 6.48. The average Bonchev–Trinajstić information content (AvgIpc) is 2.50. The molecule has 25 heavy (non-hydrogen) atoms. The molecule has 146 valence electrons. The molecule has 1 unspecified atom stereocenters. The van der Waals surface area contributed by atoms with Gasteiger partial charge in [-0.2, -0.15) is 0 Å². The Morgan fingerprint density at radius 2 is 1.84 bits per heavy atom. The number of aliphatic hydroxyl groups is 1. The Morgan fingerprint density at radius 1 is 1.20 bits per heavy atom. The van der Waals surface area contributed by atoms with Gasteiger partial charge in [-0.25, -0.2) is 0 Å². The standard InChI is InChI=1S/C16H30N2O6Se/c1-16(2,3)24-15(22)17-9-7-6-8-11(14(21)23-4)18-13(20)12(19)10-25-5/h11-12,19H,6-10H2,1-5H3,(H,17,22)(H,18,20)/t11-,12?/m0/s1. The maximum absolute atomic E-state index is 11.8. The molecule has 0 rings (SSSR count). The summed E-state index contributed by atoms with van der Waals surface area (Å²) in [5.74, 6) is 0.799. The monoisotopic (exact) mass is 426 g/mol. The van der Waals surface area contributed by atoms with Gasteiger partial charge in [0.05, 0.1) is 0 Å². The van der Waals surface area contributed by atoms with Crippen LogP contribution in [0.15, 0.2) is 0 Å². The third-order valence-electron chi connectivity index (χ3n) is 3.02. The van der Waals surface area contributed by atoms with Crippen LogP contribution in [0.5, 0.6) is 0 Å². The molecule has 0 aliphatic heterocycles. The molecular formula is C16H30N2O6Se. The third kappa shape index (κ3) is 11.8. The van der Waals surface area contributed by atoms with Crippen molar-refractivity contribution in [3.63, 3.8) is 0 Å². The number of ether oxygens (including phenoxy) is 2. The second kappa shape index (κ2) is 12.1. The topological polar surface area (TPSA) is 114 Å². The minimum atomic E-state index is -1.11. The number of amides is 2. The molecule has 2 atom stereocenters. The predicted molar refractivity (Wildman–Crippen MR) is 94.5 cm³/mol. The van der Waals surface area contributed by atoms with Crippen LogP contribution in [0.1, 0.15) is 40.0 Å². The van der Waals surface area contributed by atoms with E-state index in [1.165, 1.54) is 7.11 Å². The van der Waals surface area contributed by atoms with Crippen LogP contribution < -0.4 is 10.6 Å². The van der Waals surface area contributed by atoms with Gasteiger partial charge in [0.25, 0.3) is 0 Å². The van der Waals surface area contributed by atoms with E-state index in [1.807, 2.05) is 5.82 Å². The molecule has 0 aromatic heterocycles. The summed E-state index contributed by atoms with van der Waals surface area (Å²) in [6.07, 6.45) is -0.0356. The van der Waals surface area contributed by atoms with E-state index in [-0.39, 0.29) is 15.0 Å². The van der Waals surface area contributed by atoms with Crippen molar-refractivity contribution in [2.75, 3.05) is 13.7 Å². The van der Waals surface area contributed by atoms with Crippen LogP contribution in [-0.2, 0) is 19.1 Å². The second-order valence-corrected chi connectivity index (χ2v) is 8.39. The number of carbonyl (C=O) groups is 3. The summed E-state index contributed by atoms with van der Waals surface area (Å²) >= 11 is 0.158. The van der Waals surface area contributed by atoms with Crippen LogP contribution in [0.25, 0.3) is 0 Å². The summed E-state index contributed by atoms with van der Waals surface area (Å²) in [7, 11) is 1.25. The number of hydrogen-bond donors (Lipinski definition) is 3. The summed E-state index contributed by atoms with van der Waals surface area (Å²) in [5.41, 5.74) is -0.551. The molecule has 0 fully saturated rings. The van der Waals surface area contributed by atoms with Gasteiger partial charge in [0.15, 0.2) is 0 Å². The number of aliphatic hydroxyl groups excluding tert-OH is 1. The number of alkyl carbamates (subject to hydrolysis) is 1. The first-order chi connectivity index (χ1) is 11.6. The Balaban J connectivity index is 4.23. The maximum atomic E-state index is 11.8. The van der Waals surface area contributed by atoms with E-state index < -0.39 is 35.7 Å². The van der Waals surface area contributed by atoms with Crippen molar-refractivity contribution < 1.29 is 29.0 Å². The number of carbonyl (C=O) groups excluding carboxylic acids is 3. The molecule has 3 N–H and O–H groups in total. The molecule has 0 saturated carbocycles. The molecule has 0 radical (unpaired) electrons. The van der Waals surface area contributed by atoms with E-state index >= 15 is 0 Å². The SMILES string of the molecule is COC(=O)[C@H](CCCCNC(=O)OC(C)(C)C)NC(=O)C(O)C[Se]C. The zero-order valence-corrected chi connectivity index (χ0v) is 17.3. The summed E-state index contributed by atoms with van der Waals surface area (Å²) in [5, 5.41) is 15.2. The zero-order valence-electron chi connectivity index (χ0n) is 15.6. The molecular weight excluding hydrogens is 395 g/mol. The van der Waals surface area contributed by atoms with E-state index in [9.17, 15) is 19.5 Å². The third-order valence-corrected chi connectivity index (χ3v) is 4.38. The average molecular weight is 425 g/mol. The molecule has 0 aromatic carbocycles. The van der Waals surface area contributed by atoms with Crippen molar-refractivity contribution in [1.82, 2.24) is 10.6 Å². The number of hydrogen-bond acceptors (Lipinski definition) is 6. The van der Waals surface area contributed by atoms with Gasteiger partial charge in [-0.15, -0.1) is 0 Å². The molecule has 2 amide bonds. The first-order valence-corrected chi connectivity index (χ1v) is 11.0. The van der Waals surface area contributed by atoms with E-state index in [1.54, 1.807) is 20.8 Å². The van der Waals surface area contributed by atoms with Crippen LogP contribution in [0.3, 0.4) is 0 Å². The fourth-order valence-corrected chi connectivity index (χ4v) is 2.85. The van der Waals surface area contributed by atoms with E-state index in [4.69, 9.17) is 4.74 Å². The Hall–Kier alpha value is -1.31. The summed E-state index contributed by atoms with van der Waals surface area (Å²) in [6.45, 7) is 5.75. The summed E-state index contributed by atoms with van der Waals surface area (Å²) in [6, 6.07) is -0.807. The summed E-state index contributed by atoms with van der Waals surface area (Å²) < 4.78 is 9.80. The molecule has 0 saturated heterocycles. The van der Waals surface area contributed by atoms with Gasteiger partial charge < -0.3 is 0 Å². The number of unbranched alkanes of at least 4 members (excludes halogenated alkanes) is 1. The molecule has 0 bridgehead atoms. The molecule has 0 aliphatic carbocycles. The fourth-order valence-electron chi connectivity index (χ4n) is 1.87. The number of rotatable bonds is 10. The van der Waals surface area contributed by atoms with Gasteiger partial charge in [-0.05, 0) is 20.8 Å². The van der Waals surface area contributed by atoms with E-state index in [0.717, 1.165) is 0 Å². The quantitative estimate of drug-likeness (QED) is 0.272. The van der Waals surface area contributed by atoms with Crippen LogP contribution in [0, 0.1) is 0 Å². The Morgan fingerprint density at radius 3 is 2.36 bits per heavy atom. The Bertz CT molecular complexity index is 439. The van der Waals surface area contributed by atoms with Crippen LogP contribution in [0.2, 0.25) is 11.1 Å². The first-order valence-electron chi connectivity index (χ1n) is 8.12. The van der Waals surface area contributed by atoms with Crippen molar-refractivity contribution in [1.29, 1.82) is 0 Å². The van der Waals surface area contributed by atoms with Crippen LogP contribution in [-0.4, -0.2) is 69.4 Å². The molecule has 8 nitrogen and oxygen atoms in total. The Kier molecular flexibility index (Phi) is 11.5. The normalized spacial score (nSPS) is 13.5. The molecule has 0 spiro atoms. The van der Waals surface area contributed by atoms with E-state index in [0.29, 0.717) is 31.1 Å². The van der Waals surface area contributed by atoms with Crippen LogP contribution in [0.4, 0.5) is 4.79 Å². The van der Waals surface area contributed by atoms with Gasteiger partial charge in [-0.3, -0.25) is 0 Å². The number of methoxy groups -OCH3 is 1. The van der Waals surface area contributed by atoms with Crippen molar-refractivity contribution >= 4 is 32.9 Å². The van der Waals surface area contributed by atoms with Crippen molar-refractivity contribution in [2.24, 2.45) is 0 Å². The molecule has 0 aliphatic rings. The fraction of sp³-hybridized carbons (Fsp3) is 0.812. The van der Waals surface area contributed by atoms with E-state index in [2.05, 4.69) is 15.4 Å². The summed E-state index contributed by atoms with van der Waals surface area (Å²) in [4.78, 5) is 35.1.